The van der Waals surface area contributed by atoms with Crippen molar-refractivity contribution >= 4 is 11.6 Å². The van der Waals surface area contributed by atoms with Gasteiger partial charge in [-0.1, -0.05) is 6.07 Å². The molecule has 0 unspecified atom stereocenters. The summed E-state index contributed by atoms with van der Waals surface area (Å²) >= 11 is 0. The first-order valence-corrected chi connectivity index (χ1v) is 10.9. The first-order chi connectivity index (χ1) is 16.1. The summed E-state index contributed by atoms with van der Waals surface area (Å²) in [5.41, 5.74) is 6.27. The van der Waals surface area contributed by atoms with Crippen LogP contribution in [0.25, 0.3) is 28.6 Å². The number of benzene rings is 2. The highest BCUT2D eigenvalue weighted by molar-refractivity contribution is 5.82. The monoisotopic (exact) mass is 444 g/mol. The number of imidazole rings is 2. The lowest BCUT2D eigenvalue weighted by atomic mass is 10.0. The highest BCUT2D eigenvalue weighted by atomic mass is 19.1. The van der Waals surface area contributed by atoms with Crippen molar-refractivity contribution in [2.75, 3.05) is 7.11 Å². The molecule has 0 amide bonds. The molecule has 2 aromatic heterocycles. The van der Waals surface area contributed by atoms with Crippen LogP contribution in [-0.4, -0.2) is 31.3 Å². The zero-order chi connectivity index (χ0) is 22.9. The van der Waals surface area contributed by atoms with Crippen LogP contribution in [0.2, 0.25) is 0 Å². The van der Waals surface area contributed by atoms with Crippen LogP contribution in [-0.2, 0) is 13.2 Å². The second-order valence-electron chi connectivity index (χ2n) is 8.17. The van der Waals surface area contributed by atoms with Crippen LogP contribution in [0.1, 0.15) is 35.6 Å². The van der Waals surface area contributed by atoms with Crippen LogP contribution < -0.4 is 4.74 Å². The topological polar surface area (TPSA) is 65.1 Å². The molecule has 0 saturated heterocycles. The van der Waals surface area contributed by atoms with Crippen molar-refractivity contribution in [2.24, 2.45) is 0 Å². The van der Waals surface area contributed by atoms with Crippen molar-refractivity contribution < 1.29 is 14.2 Å². The Morgan fingerprint density at radius 1 is 1.18 bits per heavy atom. The Balaban J connectivity index is 1.56. The molecule has 1 N–H and O–H groups in total. The Hall–Kier alpha value is -3.71. The van der Waals surface area contributed by atoms with E-state index in [0.29, 0.717) is 5.69 Å². The molecule has 0 saturated carbocycles. The van der Waals surface area contributed by atoms with E-state index in [9.17, 15) is 9.50 Å². The average Bonchev–Trinajstić information content (AvgIpc) is 3.43. The lowest BCUT2D eigenvalue weighted by Crippen LogP contribution is -2.11. The number of fused-ring (bicyclic) bond motifs is 1. The van der Waals surface area contributed by atoms with Crippen molar-refractivity contribution in [1.29, 1.82) is 0 Å². The largest absolute Gasteiger partial charge is 0.495 e. The van der Waals surface area contributed by atoms with E-state index in [0.717, 1.165) is 64.7 Å². The number of halogens is 1. The third-order valence-corrected chi connectivity index (χ3v) is 5.96. The minimum absolute atomic E-state index is 0.174. The van der Waals surface area contributed by atoms with Crippen molar-refractivity contribution in [2.45, 2.75) is 32.9 Å². The van der Waals surface area contributed by atoms with Gasteiger partial charge in [0, 0.05) is 18.3 Å². The molecule has 0 radical (unpaired) electrons. The van der Waals surface area contributed by atoms with Crippen molar-refractivity contribution in [3.8, 4) is 22.7 Å². The molecule has 168 valence electrons. The van der Waals surface area contributed by atoms with Crippen LogP contribution in [0, 0.1) is 12.7 Å². The van der Waals surface area contributed by atoms with Gasteiger partial charge in [-0.15, -0.1) is 0 Å². The van der Waals surface area contributed by atoms with Gasteiger partial charge in [0.05, 0.1) is 42.8 Å². The van der Waals surface area contributed by atoms with Gasteiger partial charge in [0.15, 0.2) is 0 Å². The molecule has 2 aromatic carbocycles. The minimum Gasteiger partial charge on any atom is -0.495 e. The maximum Gasteiger partial charge on any atom is 0.143 e. The smallest absolute Gasteiger partial charge is 0.143 e. The quantitative estimate of drug-likeness (QED) is 0.470. The fourth-order valence-electron chi connectivity index (χ4n) is 4.43. The van der Waals surface area contributed by atoms with Gasteiger partial charge < -0.3 is 19.0 Å². The lowest BCUT2D eigenvalue weighted by Gasteiger charge is -2.20. The van der Waals surface area contributed by atoms with Crippen LogP contribution >= 0.6 is 0 Å². The fourth-order valence-corrected chi connectivity index (χ4v) is 4.43. The summed E-state index contributed by atoms with van der Waals surface area (Å²) in [5, 5.41) is 9.98. The molecule has 1 aliphatic rings. The average molecular weight is 445 g/mol. The Morgan fingerprint density at radius 2 is 2.00 bits per heavy atom. The van der Waals surface area contributed by atoms with E-state index in [1.54, 1.807) is 25.6 Å². The number of aromatic nitrogens is 4. The summed E-state index contributed by atoms with van der Waals surface area (Å²) in [7, 11) is 1.66. The molecule has 5 rings (SSSR count). The van der Waals surface area contributed by atoms with Crippen molar-refractivity contribution in [3.63, 3.8) is 0 Å². The van der Waals surface area contributed by atoms with E-state index < -0.39 is 0 Å². The first kappa shape index (κ1) is 21.2. The number of aryl methyl sites for hydroxylation is 1. The molecular formula is C26H25FN4O2. The zero-order valence-electron chi connectivity index (χ0n) is 18.6. The molecule has 33 heavy (non-hydrogen) atoms. The van der Waals surface area contributed by atoms with Gasteiger partial charge in [0.2, 0.25) is 0 Å². The summed E-state index contributed by atoms with van der Waals surface area (Å²) in [6.07, 6.45) is 7.70. The Kier molecular flexibility index (Phi) is 5.56. The molecule has 1 aliphatic heterocycles. The molecule has 0 aliphatic carbocycles. The highest BCUT2D eigenvalue weighted by Crippen LogP contribution is 2.35. The molecule has 0 spiro atoms. The second-order valence-corrected chi connectivity index (χ2v) is 8.17. The van der Waals surface area contributed by atoms with E-state index >= 15 is 0 Å². The maximum atomic E-state index is 13.5. The Morgan fingerprint density at radius 3 is 2.70 bits per heavy atom. The number of allylic oxidation sites excluding steroid dienone is 1. The SMILES string of the molecule is COc1cc(/C=C2\CCCn3c2nc(CO)c3-c2ccc(F)cc2)ccc1-n1cnc(C)c1. The standard InChI is InChI=1S/C26H25FN4O2/c1-17-14-30(16-28-17)23-10-5-18(13-24(23)33-2)12-20-4-3-11-31-25(22(15-32)29-26(20)31)19-6-8-21(27)9-7-19/h5-10,12-14,16,32H,3-4,11,15H2,1-2H3/b20-12+. The van der Waals surface area contributed by atoms with Crippen LogP contribution in [0.5, 0.6) is 5.75 Å². The van der Waals surface area contributed by atoms with Gasteiger partial charge in [0.1, 0.15) is 17.4 Å². The Bertz CT molecular complexity index is 1340. The van der Waals surface area contributed by atoms with E-state index in [1.807, 2.05) is 29.8 Å². The number of ether oxygens (including phenoxy) is 1. The van der Waals surface area contributed by atoms with Crippen LogP contribution in [0.3, 0.4) is 0 Å². The molecule has 6 nitrogen and oxygen atoms in total. The number of aliphatic hydroxyl groups is 1. The van der Waals surface area contributed by atoms with Crippen LogP contribution in [0.4, 0.5) is 4.39 Å². The van der Waals surface area contributed by atoms with Gasteiger partial charge in [-0.3, -0.25) is 0 Å². The first-order valence-electron chi connectivity index (χ1n) is 10.9. The van der Waals surface area contributed by atoms with Gasteiger partial charge in [0.25, 0.3) is 0 Å². The molecule has 7 heteroatoms. The number of hydrogen-bond donors (Lipinski definition) is 1. The fraction of sp³-hybridized carbons (Fsp3) is 0.231. The second kappa shape index (κ2) is 8.67. The zero-order valence-corrected chi connectivity index (χ0v) is 18.6. The number of hydrogen-bond acceptors (Lipinski definition) is 4. The minimum atomic E-state index is -0.286. The molecule has 3 heterocycles. The van der Waals surface area contributed by atoms with Gasteiger partial charge in [-0.25, -0.2) is 14.4 Å². The highest BCUT2D eigenvalue weighted by Gasteiger charge is 2.23. The van der Waals surface area contributed by atoms with E-state index in [1.165, 1.54) is 12.1 Å². The third-order valence-electron chi connectivity index (χ3n) is 5.96. The lowest BCUT2D eigenvalue weighted by molar-refractivity contribution is 0.278. The predicted octanol–water partition coefficient (Wildman–Crippen LogP) is 5.02. The van der Waals surface area contributed by atoms with Gasteiger partial charge in [-0.2, -0.15) is 0 Å². The summed E-state index contributed by atoms with van der Waals surface area (Å²) in [6, 6.07) is 12.4. The molecular weight excluding hydrogens is 419 g/mol. The maximum absolute atomic E-state index is 13.5. The Labute approximate surface area is 191 Å². The van der Waals surface area contributed by atoms with Crippen molar-refractivity contribution in [3.05, 3.63) is 83.6 Å². The van der Waals surface area contributed by atoms with Crippen LogP contribution in [0.15, 0.2) is 55.0 Å². The van der Waals surface area contributed by atoms with Gasteiger partial charge in [-0.05, 0) is 73.4 Å². The molecule has 4 aromatic rings. The normalized spacial score (nSPS) is 14.5. The van der Waals surface area contributed by atoms with Crippen molar-refractivity contribution in [1.82, 2.24) is 19.1 Å². The summed E-state index contributed by atoms with van der Waals surface area (Å²) in [4.78, 5) is 9.06. The van der Waals surface area contributed by atoms with Gasteiger partial charge >= 0.3 is 0 Å². The predicted molar refractivity (Wildman–Crippen MR) is 126 cm³/mol. The number of aliphatic hydroxyl groups excluding tert-OH is 1. The third kappa shape index (κ3) is 3.96. The molecule has 0 bridgehead atoms. The van der Waals surface area contributed by atoms with E-state index in [-0.39, 0.29) is 12.4 Å². The summed E-state index contributed by atoms with van der Waals surface area (Å²) in [5.74, 6) is 1.31. The van der Waals surface area contributed by atoms with E-state index in [2.05, 4.69) is 21.7 Å². The molecule has 0 atom stereocenters. The summed E-state index contributed by atoms with van der Waals surface area (Å²) < 4.78 is 23.2. The number of nitrogens with zero attached hydrogens (tertiary/aromatic N) is 4. The number of methoxy groups -OCH3 is 1. The molecule has 0 fully saturated rings. The number of rotatable bonds is 5. The van der Waals surface area contributed by atoms with E-state index in [4.69, 9.17) is 9.72 Å². The summed E-state index contributed by atoms with van der Waals surface area (Å²) in [6.45, 7) is 2.58.